The fraction of sp³-hybridized carbons (Fsp3) is 0.486. The molecule has 4 aromatic rings. The summed E-state index contributed by atoms with van der Waals surface area (Å²) in [5.74, 6) is 0.000772. The number of hydrogen-bond donors (Lipinski definition) is 1. The fourth-order valence-electron chi connectivity index (χ4n) is 8.67. The van der Waals surface area contributed by atoms with E-state index in [-0.39, 0.29) is 64.2 Å². The molecule has 1 N–H and O–H groups in total. The fourth-order valence-corrected chi connectivity index (χ4v) is 8.97. The van der Waals surface area contributed by atoms with Crippen molar-refractivity contribution in [1.29, 1.82) is 0 Å². The highest BCUT2D eigenvalue weighted by Crippen LogP contribution is 2.50. The van der Waals surface area contributed by atoms with Crippen molar-refractivity contribution in [2.45, 2.75) is 95.1 Å². The van der Waals surface area contributed by atoms with Crippen LogP contribution in [0.25, 0.3) is 32.8 Å². The molecule has 4 aliphatic heterocycles. The van der Waals surface area contributed by atoms with Gasteiger partial charge in [-0.05, 0) is 107 Å². The second-order valence-electron chi connectivity index (χ2n) is 14.8. The first kappa shape index (κ1) is 31.4. The molecule has 0 radical (unpaired) electrons. The third kappa shape index (κ3) is 5.19. The van der Waals surface area contributed by atoms with E-state index in [0.717, 1.165) is 55.8 Å². The third-order valence-corrected chi connectivity index (χ3v) is 11.0. The standard InChI is InChI=1S/C37H41ClFN5O4/c1-37(2,3)48-36(46)44-29-13-14-30(44)28-12-11-27(29)43(28)34-25-18-26(38)31(24-17-22(45)16-20-8-5-6-10-23(20)24)32(39)33(25)40-35(41-34)47-19-21-9-7-15-42(21)4/h5-6,8,10,16-18,21,27-30,45H,7,9,11-15,19H2,1-4H3/t21-,27?,28?,29?,30?/m0/s1. The zero-order valence-corrected chi connectivity index (χ0v) is 28.5. The number of fused-ring (bicyclic) bond motifs is 8. The van der Waals surface area contributed by atoms with Crippen LogP contribution in [0.5, 0.6) is 11.8 Å². The zero-order chi connectivity index (χ0) is 33.5. The molecule has 1 aromatic heterocycles. The molecule has 4 aliphatic rings. The first-order valence-corrected chi connectivity index (χ1v) is 17.4. The number of likely N-dealkylation sites (tertiary alicyclic amines) is 1. The van der Waals surface area contributed by atoms with Gasteiger partial charge in [-0.25, -0.2) is 9.18 Å². The van der Waals surface area contributed by atoms with Crippen molar-refractivity contribution in [2.75, 3.05) is 25.1 Å². The number of piperazine rings is 1. The van der Waals surface area contributed by atoms with E-state index in [1.54, 1.807) is 18.2 Å². The van der Waals surface area contributed by atoms with E-state index < -0.39 is 11.4 Å². The van der Waals surface area contributed by atoms with Crippen LogP contribution >= 0.6 is 11.6 Å². The lowest BCUT2D eigenvalue weighted by molar-refractivity contribution is 0.00668. The number of ether oxygens (including phenoxy) is 2. The normalized spacial score (nSPS) is 25.4. The summed E-state index contributed by atoms with van der Waals surface area (Å²) in [6.45, 7) is 7.07. The van der Waals surface area contributed by atoms with E-state index in [2.05, 4.69) is 16.8 Å². The third-order valence-electron chi connectivity index (χ3n) is 10.7. The quantitative estimate of drug-likeness (QED) is 0.232. The molecule has 0 saturated carbocycles. The smallest absolute Gasteiger partial charge is 0.410 e. The Kier molecular flexibility index (Phi) is 7.60. The van der Waals surface area contributed by atoms with Crippen molar-refractivity contribution in [3.63, 3.8) is 0 Å². The van der Waals surface area contributed by atoms with Crippen molar-refractivity contribution in [3.8, 4) is 22.9 Å². The average molecular weight is 674 g/mol. The summed E-state index contributed by atoms with van der Waals surface area (Å²) in [6.07, 6.45) is 5.32. The van der Waals surface area contributed by atoms with Gasteiger partial charge in [-0.3, -0.25) is 4.90 Å². The average Bonchev–Trinajstić information content (AvgIpc) is 3.71. The summed E-state index contributed by atoms with van der Waals surface area (Å²) in [6, 6.07) is 12.6. The maximum atomic E-state index is 17.1. The van der Waals surface area contributed by atoms with E-state index in [4.69, 9.17) is 31.0 Å². The molecule has 8 rings (SSSR count). The Morgan fingerprint density at radius 3 is 2.40 bits per heavy atom. The summed E-state index contributed by atoms with van der Waals surface area (Å²) in [4.78, 5) is 29.7. The van der Waals surface area contributed by atoms with Gasteiger partial charge < -0.3 is 24.4 Å². The number of amides is 1. The lowest BCUT2D eigenvalue weighted by Gasteiger charge is -2.47. The molecule has 0 aliphatic carbocycles. The summed E-state index contributed by atoms with van der Waals surface area (Å²) < 4.78 is 29.2. The monoisotopic (exact) mass is 673 g/mol. The van der Waals surface area contributed by atoms with Crippen molar-refractivity contribution < 1.29 is 23.8 Å². The molecule has 3 aromatic carbocycles. The highest BCUT2D eigenvalue weighted by atomic mass is 35.5. The second kappa shape index (κ2) is 11.6. The maximum Gasteiger partial charge on any atom is 0.410 e. The molecule has 4 unspecified atom stereocenters. The van der Waals surface area contributed by atoms with E-state index in [1.165, 1.54) is 0 Å². The number of anilines is 1. The minimum absolute atomic E-state index is 0.0160. The summed E-state index contributed by atoms with van der Waals surface area (Å²) in [5.41, 5.74) is 0.166. The van der Waals surface area contributed by atoms with Gasteiger partial charge in [0.2, 0.25) is 0 Å². The summed E-state index contributed by atoms with van der Waals surface area (Å²) >= 11 is 6.99. The molecule has 252 valence electrons. The van der Waals surface area contributed by atoms with Gasteiger partial charge in [0, 0.05) is 17.0 Å². The largest absolute Gasteiger partial charge is 0.508 e. The lowest BCUT2D eigenvalue weighted by Crippen LogP contribution is -2.62. The predicted molar refractivity (Wildman–Crippen MR) is 184 cm³/mol. The number of phenolic OH excluding ortho intramolecular Hbond substituents is 1. The number of carbonyl (C=O) groups is 1. The van der Waals surface area contributed by atoms with Crippen molar-refractivity contribution in [1.82, 2.24) is 19.8 Å². The van der Waals surface area contributed by atoms with Crippen LogP contribution in [0.2, 0.25) is 5.02 Å². The highest BCUT2D eigenvalue weighted by Gasteiger charge is 2.58. The molecule has 0 spiro atoms. The Morgan fingerprint density at radius 2 is 1.71 bits per heavy atom. The predicted octanol–water partition coefficient (Wildman–Crippen LogP) is 7.54. The number of carbonyl (C=O) groups excluding carboxylic acids is 1. The van der Waals surface area contributed by atoms with Gasteiger partial charge in [0.15, 0.2) is 5.82 Å². The topological polar surface area (TPSA) is 91.3 Å². The lowest BCUT2D eigenvalue weighted by atomic mass is 9.96. The molecule has 1 amide bonds. The minimum Gasteiger partial charge on any atom is -0.508 e. The molecule has 5 heterocycles. The Morgan fingerprint density at radius 1 is 1.00 bits per heavy atom. The van der Waals surface area contributed by atoms with Crippen LogP contribution in [-0.4, -0.2) is 87.0 Å². The molecule has 9 nitrogen and oxygen atoms in total. The van der Waals surface area contributed by atoms with Crippen LogP contribution < -0.4 is 9.64 Å². The van der Waals surface area contributed by atoms with Crippen LogP contribution in [0.3, 0.4) is 0 Å². The number of aromatic hydroxyl groups is 1. The minimum atomic E-state index is -0.595. The van der Waals surface area contributed by atoms with Gasteiger partial charge >= 0.3 is 12.1 Å². The number of aromatic nitrogens is 2. The highest BCUT2D eigenvalue weighted by molar-refractivity contribution is 6.35. The van der Waals surface area contributed by atoms with Crippen LogP contribution in [0.1, 0.15) is 59.3 Å². The number of likely N-dealkylation sites (N-methyl/N-ethyl adjacent to an activating group) is 1. The van der Waals surface area contributed by atoms with Crippen molar-refractivity contribution in [2.24, 2.45) is 0 Å². The van der Waals surface area contributed by atoms with E-state index in [0.29, 0.717) is 23.4 Å². The van der Waals surface area contributed by atoms with Crippen LogP contribution in [0.4, 0.5) is 15.0 Å². The SMILES string of the molecule is CN1CCC[C@H]1COc1nc(N2C3CCC2C2CCC3N2C(=O)OC(C)(C)C)c2cc(Cl)c(-c3cc(O)cc4ccccc34)c(F)c2n1. The number of nitrogens with zero attached hydrogens (tertiary/aromatic N) is 5. The molecule has 4 saturated heterocycles. The van der Waals surface area contributed by atoms with Gasteiger partial charge in [0.1, 0.15) is 29.3 Å². The molecular weight excluding hydrogens is 633 g/mol. The zero-order valence-electron chi connectivity index (χ0n) is 27.7. The maximum absolute atomic E-state index is 17.1. The molecular formula is C37H41ClFN5O4. The number of phenols is 1. The van der Waals surface area contributed by atoms with Gasteiger partial charge in [0.05, 0.1) is 29.2 Å². The Balaban J connectivity index is 1.26. The van der Waals surface area contributed by atoms with Gasteiger partial charge in [0.25, 0.3) is 0 Å². The van der Waals surface area contributed by atoms with Gasteiger partial charge in [-0.15, -0.1) is 0 Å². The van der Waals surface area contributed by atoms with Gasteiger partial charge in [-0.1, -0.05) is 35.9 Å². The number of halogens is 2. The van der Waals surface area contributed by atoms with Crippen molar-refractivity contribution >= 4 is 45.2 Å². The number of hydrogen-bond acceptors (Lipinski definition) is 8. The summed E-state index contributed by atoms with van der Waals surface area (Å²) in [5, 5.41) is 12.8. The van der Waals surface area contributed by atoms with E-state index >= 15 is 4.39 Å². The second-order valence-corrected chi connectivity index (χ2v) is 15.2. The molecule has 4 fully saturated rings. The Labute approximate surface area is 284 Å². The molecule has 48 heavy (non-hydrogen) atoms. The van der Waals surface area contributed by atoms with Crippen molar-refractivity contribution in [3.05, 3.63) is 53.3 Å². The first-order chi connectivity index (χ1) is 23.0. The number of benzene rings is 3. The van der Waals surface area contributed by atoms with Crippen LogP contribution in [0, 0.1) is 5.82 Å². The Hall–Kier alpha value is -3.89. The first-order valence-electron chi connectivity index (χ1n) is 17.0. The van der Waals surface area contributed by atoms with E-state index in [1.807, 2.05) is 49.9 Å². The van der Waals surface area contributed by atoms with E-state index in [9.17, 15) is 9.90 Å². The number of rotatable bonds is 5. The summed E-state index contributed by atoms with van der Waals surface area (Å²) in [7, 11) is 2.08. The molecule has 4 bridgehead atoms. The van der Waals surface area contributed by atoms with Crippen LogP contribution in [-0.2, 0) is 4.74 Å². The van der Waals surface area contributed by atoms with Crippen LogP contribution in [0.15, 0.2) is 42.5 Å². The Bertz CT molecular complexity index is 1910. The van der Waals surface area contributed by atoms with Gasteiger partial charge in [-0.2, -0.15) is 9.97 Å². The molecule has 5 atom stereocenters. The molecule has 11 heteroatoms.